The zero-order valence-corrected chi connectivity index (χ0v) is 10.4. The molecule has 2 atom stereocenters. The van der Waals surface area contributed by atoms with Crippen LogP contribution in [0.3, 0.4) is 0 Å². The fraction of sp³-hybridized carbons (Fsp3) is 0.250. The van der Waals surface area contributed by atoms with Gasteiger partial charge < -0.3 is 5.73 Å². The Hall–Kier alpha value is -1.60. The molecule has 0 saturated heterocycles. The van der Waals surface area contributed by atoms with E-state index in [4.69, 9.17) is 5.73 Å². The highest BCUT2D eigenvalue weighted by Crippen LogP contribution is 2.22. The smallest absolute Gasteiger partial charge is 0.0499 e. The molecular weight excluding hydrogens is 206 g/mol. The van der Waals surface area contributed by atoms with Gasteiger partial charge in [-0.15, -0.1) is 0 Å². The number of nitrogens with two attached hydrogens (primary N) is 1. The third-order valence-electron chi connectivity index (χ3n) is 2.97. The molecule has 0 heterocycles. The van der Waals surface area contributed by atoms with Crippen LogP contribution in [-0.2, 0) is 0 Å². The molecule has 0 aromatic heterocycles. The van der Waals surface area contributed by atoms with E-state index in [2.05, 4.69) is 55.5 Å². The molecule has 0 aliphatic heterocycles. The zero-order valence-electron chi connectivity index (χ0n) is 10.4. The Morgan fingerprint density at radius 3 is 2.71 bits per heavy atom. The van der Waals surface area contributed by atoms with Crippen molar-refractivity contribution in [2.24, 2.45) is 5.73 Å². The summed E-state index contributed by atoms with van der Waals surface area (Å²) >= 11 is 0. The van der Waals surface area contributed by atoms with Gasteiger partial charge in [0.15, 0.2) is 0 Å². The normalized spacial score (nSPS) is 31.6. The lowest BCUT2D eigenvalue weighted by atomic mass is 9.91. The van der Waals surface area contributed by atoms with Crippen molar-refractivity contribution in [2.45, 2.75) is 25.3 Å². The van der Waals surface area contributed by atoms with Crippen molar-refractivity contribution in [3.63, 3.8) is 0 Å². The Morgan fingerprint density at radius 2 is 1.94 bits per heavy atom. The molecule has 1 nitrogen and oxygen atoms in total. The molecule has 1 aliphatic rings. The van der Waals surface area contributed by atoms with Crippen molar-refractivity contribution >= 4 is 0 Å². The second-order valence-electron chi connectivity index (χ2n) is 4.91. The van der Waals surface area contributed by atoms with Gasteiger partial charge in [-0.25, -0.2) is 0 Å². The van der Waals surface area contributed by atoms with Crippen LogP contribution in [0, 0.1) is 6.92 Å². The first-order chi connectivity index (χ1) is 8.07. The van der Waals surface area contributed by atoms with Crippen LogP contribution in [0.4, 0.5) is 0 Å². The SMILES string of the molecule is Cc1cccc(C2C=CC(C)(N)/C=C\C=C/2)c1. The first-order valence-corrected chi connectivity index (χ1v) is 5.98. The monoisotopic (exact) mass is 225 g/mol. The van der Waals surface area contributed by atoms with Crippen LogP contribution in [0.25, 0.3) is 0 Å². The Morgan fingerprint density at radius 1 is 1.12 bits per heavy atom. The van der Waals surface area contributed by atoms with Crippen molar-refractivity contribution in [1.82, 2.24) is 0 Å². The van der Waals surface area contributed by atoms with Crippen LogP contribution in [0.15, 0.2) is 60.7 Å². The second kappa shape index (κ2) is 4.72. The van der Waals surface area contributed by atoms with E-state index in [0.29, 0.717) is 5.92 Å². The maximum atomic E-state index is 6.11. The molecule has 0 radical (unpaired) electrons. The van der Waals surface area contributed by atoms with Crippen molar-refractivity contribution < 1.29 is 0 Å². The summed E-state index contributed by atoms with van der Waals surface area (Å²) in [5.74, 6) is 0.308. The summed E-state index contributed by atoms with van der Waals surface area (Å²) in [6.45, 7) is 4.12. The van der Waals surface area contributed by atoms with E-state index in [0.717, 1.165) is 0 Å². The van der Waals surface area contributed by atoms with Gasteiger partial charge >= 0.3 is 0 Å². The predicted octanol–water partition coefficient (Wildman–Crippen LogP) is 3.48. The second-order valence-corrected chi connectivity index (χ2v) is 4.91. The van der Waals surface area contributed by atoms with Crippen LogP contribution in [0.5, 0.6) is 0 Å². The highest BCUT2D eigenvalue weighted by molar-refractivity contribution is 5.35. The summed E-state index contributed by atoms with van der Waals surface area (Å²) in [6, 6.07) is 8.60. The number of hydrogen-bond acceptors (Lipinski definition) is 1. The summed E-state index contributed by atoms with van der Waals surface area (Å²) in [5.41, 5.74) is 8.35. The molecule has 0 fully saturated rings. The van der Waals surface area contributed by atoms with Gasteiger partial charge in [0, 0.05) is 11.5 Å². The summed E-state index contributed by atoms with van der Waals surface area (Å²) in [7, 11) is 0. The van der Waals surface area contributed by atoms with E-state index < -0.39 is 0 Å². The van der Waals surface area contributed by atoms with Gasteiger partial charge in [-0.2, -0.15) is 0 Å². The predicted molar refractivity (Wildman–Crippen MR) is 73.9 cm³/mol. The summed E-state index contributed by atoms with van der Waals surface area (Å²) < 4.78 is 0. The summed E-state index contributed by atoms with van der Waals surface area (Å²) in [6.07, 6.45) is 12.5. The molecule has 0 bridgehead atoms. The van der Waals surface area contributed by atoms with E-state index >= 15 is 0 Å². The van der Waals surface area contributed by atoms with Gasteiger partial charge in [-0.3, -0.25) is 0 Å². The Balaban J connectivity index is 2.33. The average molecular weight is 225 g/mol. The highest BCUT2D eigenvalue weighted by Gasteiger charge is 2.12. The largest absolute Gasteiger partial charge is 0.319 e. The zero-order chi connectivity index (χ0) is 12.3. The molecule has 1 aliphatic carbocycles. The molecule has 2 rings (SSSR count). The van der Waals surface area contributed by atoms with E-state index in [1.807, 2.05) is 19.1 Å². The first kappa shape index (κ1) is 11.9. The Labute approximate surface area is 103 Å². The molecule has 1 heteroatoms. The maximum absolute atomic E-state index is 6.11. The van der Waals surface area contributed by atoms with Gasteiger partial charge in [0.25, 0.3) is 0 Å². The minimum absolute atomic E-state index is 0.308. The molecule has 0 saturated carbocycles. The topological polar surface area (TPSA) is 26.0 Å². The minimum atomic E-state index is -0.354. The molecule has 1 aromatic rings. The van der Waals surface area contributed by atoms with Crippen LogP contribution < -0.4 is 5.73 Å². The molecule has 2 N–H and O–H groups in total. The molecular formula is C16H19N. The lowest BCUT2D eigenvalue weighted by Gasteiger charge is -2.18. The van der Waals surface area contributed by atoms with Crippen LogP contribution in [0.2, 0.25) is 0 Å². The third kappa shape index (κ3) is 3.18. The Kier molecular flexibility index (Phi) is 3.30. The minimum Gasteiger partial charge on any atom is -0.319 e. The van der Waals surface area contributed by atoms with E-state index in [1.165, 1.54) is 11.1 Å². The number of allylic oxidation sites excluding steroid dienone is 4. The van der Waals surface area contributed by atoms with Crippen molar-refractivity contribution in [3.8, 4) is 0 Å². The first-order valence-electron chi connectivity index (χ1n) is 5.98. The maximum Gasteiger partial charge on any atom is 0.0499 e. The molecule has 88 valence electrons. The standard InChI is InChI=1S/C16H19N/c1-13-6-5-8-15(12-13)14-7-3-4-10-16(2,17)11-9-14/h3-12,14H,17H2,1-2H3/b7-3-,10-4-,11-9?. The van der Waals surface area contributed by atoms with Gasteiger partial charge in [-0.1, -0.05) is 66.3 Å². The van der Waals surface area contributed by atoms with Crippen molar-refractivity contribution in [2.75, 3.05) is 0 Å². The van der Waals surface area contributed by atoms with Crippen molar-refractivity contribution in [3.05, 3.63) is 71.8 Å². The van der Waals surface area contributed by atoms with Crippen LogP contribution in [-0.4, -0.2) is 5.54 Å². The van der Waals surface area contributed by atoms with E-state index in [1.54, 1.807) is 0 Å². The summed E-state index contributed by atoms with van der Waals surface area (Å²) in [4.78, 5) is 0. The number of rotatable bonds is 1. The van der Waals surface area contributed by atoms with E-state index in [9.17, 15) is 0 Å². The fourth-order valence-corrected chi connectivity index (χ4v) is 1.98. The molecule has 0 amide bonds. The molecule has 2 unspecified atom stereocenters. The third-order valence-corrected chi connectivity index (χ3v) is 2.97. The fourth-order valence-electron chi connectivity index (χ4n) is 1.98. The number of aryl methyl sites for hydroxylation is 1. The quantitative estimate of drug-likeness (QED) is 0.728. The van der Waals surface area contributed by atoms with Crippen LogP contribution in [0.1, 0.15) is 24.0 Å². The number of benzene rings is 1. The van der Waals surface area contributed by atoms with Gasteiger partial charge in [0.05, 0.1) is 0 Å². The van der Waals surface area contributed by atoms with Gasteiger partial charge in [0.1, 0.15) is 0 Å². The van der Waals surface area contributed by atoms with Gasteiger partial charge in [-0.05, 0) is 19.4 Å². The average Bonchev–Trinajstić information content (AvgIpc) is 2.25. The lowest BCUT2D eigenvalue weighted by Crippen LogP contribution is -2.31. The lowest BCUT2D eigenvalue weighted by molar-refractivity contribution is 0.728. The van der Waals surface area contributed by atoms with Gasteiger partial charge in [0.2, 0.25) is 0 Å². The molecule has 0 spiro atoms. The number of hydrogen-bond donors (Lipinski definition) is 1. The summed E-state index contributed by atoms with van der Waals surface area (Å²) in [5, 5.41) is 0. The molecule has 17 heavy (non-hydrogen) atoms. The highest BCUT2D eigenvalue weighted by atomic mass is 14.7. The molecule has 1 aromatic carbocycles. The Bertz CT molecular complexity index is 478. The van der Waals surface area contributed by atoms with Crippen LogP contribution >= 0.6 is 0 Å². The van der Waals surface area contributed by atoms with Crippen molar-refractivity contribution in [1.29, 1.82) is 0 Å². The van der Waals surface area contributed by atoms with E-state index in [-0.39, 0.29) is 5.54 Å².